The van der Waals surface area contributed by atoms with Crippen LogP contribution in [0.2, 0.25) is 0 Å². The van der Waals surface area contributed by atoms with Gasteiger partial charge in [-0.25, -0.2) is 17.2 Å². The van der Waals surface area contributed by atoms with Crippen molar-refractivity contribution in [2.75, 3.05) is 26.2 Å². The van der Waals surface area contributed by atoms with Gasteiger partial charge in [0.15, 0.2) is 0 Å². The molecule has 25 heavy (non-hydrogen) atoms. The molecule has 2 rings (SSSR count). The number of carbonyl (C=O) groups excluding carboxylic acids is 1. The monoisotopic (exact) mass is 397 g/mol. The predicted octanol–water partition coefficient (Wildman–Crippen LogP) is 1.61. The molecule has 3 N–H and O–H groups in total. The maximum Gasteiger partial charge on any atom is 0.277 e. The fourth-order valence-electron chi connectivity index (χ4n) is 2.44. The number of piperidine rings is 1. The van der Waals surface area contributed by atoms with Crippen LogP contribution in [0.4, 0.5) is 8.78 Å². The summed E-state index contributed by atoms with van der Waals surface area (Å²) in [7, 11) is -3.68. The standard InChI is InChI=1S/C15H21F2N3O3S.ClH/c16-15(17,10-18)11-19-14(21)12-5-4-6-13(9-12)24(22,23)20-7-2-1-3-8-20;/h4-6,9H,1-3,7-8,10-11,18H2,(H,19,21);1H. The van der Waals surface area contributed by atoms with Crippen LogP contribution >= 0.6 is 12.4 Å². The smallest absolute Gasteiger partial charge is 0.277 e. The highest BCUT2D eigenvalue weighted by atomic mass is 35.5. The quantitative estimate of drug-likeness (QED) is 0.762. The van der Waals surface area contributed by atoms with Crippen LogP contribution in [0.1, 0.15) is 29.6 Å². The van der Waals surface area contributed by atoms with Crippen LogP contribution in [0.3, 0.4) is 0 Å². The van der Waals surface area contributed by atoms with E-state index in [0.29, 0.717) is 13.1 Å². The molecule has 1 fully saturated rings. The number of amides is 1. The number of hydrogen-bond acceptors (Lipinski definition) is 4. The zero-order chi connectivity index (χ0) is 17.8. The van der Waals surface area contributed by atoms with Gasteiger partial charge in [-0.15, -0.1) is 12.4 Å². The molecule has 0 aromatic heterocycles. The van der Waals surface area contributed by atoms with E-state index in [-0.39, 0.29) is 22.9 Å². The molecule has 0 aliphatic carbocycles. The molecule has 1 amide bonds. The maximum absolute atomic E-state index is 13.1. The molecule has 0 atom stereocenters. The number of halogens is 3. The van der Waals surface area contributed by atoms with E-state index in [1.807, 2.05) is 0 Å². The second kappa shape index (κ2) is 8.88. The molecular weight excluding hydrogens is 376 g/mol. The lowest BCUT2D eigenvalue weighted by Crippen LogP contribution is -2.41. The summed E-state index contributed by atoms with van der Waals surface area (Å²) in [5.74, 6) is -3.97. The Balaban J connectivity index is 0.00000312. The van der Waals surface area contributed by atoms with Crippen LogP contribution < -0.4 is 11.1 Å². The molecule has 142 valence electrons. The van der Waals surface area contributed by atoms with Crippen molar-refractivity contribution in [2.24, 2.45) is 5.73 Å². The van der Waals surface area contributed by atoms with Crippen molar-refractivity contribution in [1.29, 1.82) is 0 Å². The minimum atomic E-state index is -3.68. The largest absolute Gasteiger partial charge is 0.346 e. The molecule has 1 aromatic carbocycles. The first-order valence-electron chi connectivity index (χ1n) is 7.72. The van der Waals surface area contributed by atoms with E-state index in [0.717, 1.165) is 19.3 Å². The third-order valence-corrected chi connectivity index (χ3v) is 5.75. The van der Waals surface area contributed by atoms with Gasteiger partial charge in [-0.3, -0.25) is 4.79 Å². The van der Waals surface area contributed by atoms with Crippen molar-refractivity contribution in [3.05, 3.63) is 29.8 Å². The lowest BCUT2D eigenvalue weighted by atomic mass is 10.2. The van der Waals surface area contributed by atoms with Crippen LogP contribution in [0.25, 0.3) is 0 Å². The summed E-state index contributed by atoms with van der Waals surface area (Å²) in [4.78, 5) is 12.0. The van der Waals surface area contributed by atoms with Crippen molar-refractivity contribution in [2.45, 2.75) is 30.1 Å². The van der Waals surface area contributed by atoms with Crippen LogP contribution in [-0.2, 0) is 10.0 Å². The highest BCUT2D eigenvalue weighted by Gasteiger charge is 2.29. The minimum absolute atomic E-state index is 0. The van der Waals surface area contributed by atoms with Crippen LogP contribution in [0.15, 0.2) is 29.2 Å². The molecule has 1 aliphatic heterocycles. The Bertz CT molecular complexity index is 695. The molecule has 0 spiro atoms. The number of hydrogen-bond donors (Lipinski definition) is 2. The number of nitrogens with two attached hydrogens (primary N) is 1. The van der Waals surface area contributed by atoms with E-state index in [9.17, 15) is 22.0 Å². The van der Waals surface area contributed by atoms with Gasteiger partial charge >= 0.3 is 0 Å². The van der Waals surface area contributed by atoms with Crippen molar-refractivity contribution in [1.82, 2.24) is 9.62 Å². The van der Waals surface area contributed by atoms with Crippen molar-refractivity contribution in [3.8, 4) is 0 Å². The van der Waals surface area contributed by atoms with E-state index in [1.54, 1.807) is 0 Å². The molecule has 6 nitrogen and oxygen atoms in total. The summed E-state index contributed by atoms with van der Waals surface area (Å²) in [6.07, 6.45) is 2.59. The Morgan fingerprint density at radius 3 is 2.48 bits per heavy atom. The molecule has 1 aromatic rings. The summed E-state index contributed by atoms with van der Waals surface area (Å²) in [6, 6.07) is 5.41. The Morgan fingerprint density at radius 2 is 1.88 bits per heavy atom. The zero-order valence-electron chi connectivity index (χ0n) is 13.6. The molecule has 0 unspecified atom stereocenters. The Kier molecular flexibility index (Phi) is 7.73. The fraction of sp³-hybridized carbons (Fsp3) is 0.533. The van der Waals surface area contributed by atoms with E-state index in [2.05, 4.69) is 5.32 Å². The summed E-state index contributed by atoms with van der Waals surface area (Å²) >= 11 is 0. The zero-order valence-corrected chi connectivity index (χ0v) is 15.2. The minimum Gasteiger partial charge on any atom is -0.346 e. The van der Waals surface area contributed by atoms with Crippen LogP contribution in [-0.4, -0.2) is 50.7 Å². The average Bonchev–Trinajstić information content (AvgIpc) is 2.60. The van der Waals surface area contributed by atoms with Gasteiger partial charge in [0.05, 0.1) is 18.0 Å². The van der Waals surface area contributed by atoms with Gasteiger partial charge in [-0.05, 0) is 31.0 Å². The van der Waals surface area contributed by atoms with E-state index >= 15 is 0 Å². The van der Waals surface area contributed by atoms with Gasteiger partial charge in [-0.1, -0.05) is 12.5 Å². The van der Waals surface area contributed by atoms with Crippen LogP contribution in [0.5, 0.6) is 0 Å². The van der Waals surface area contributed by atoms with Gasteiger partial charge in [0, 0.05) is 18.7 Å². The summed E-state index contributed by atoms with van der Waals surface area (Å²) in [5, 5.41) is 2.07. The molecule has 0 bridgehead atoms. The van der Waals surface area contributed by atoms with Gasteiger partial charge in [0.1, 0.15) is 0 Å². The molecule has 0 saturated carbocycles. The van der Waals surface area contributed by atoms with E-state index < -0.39 is 34.9 Å². The summed E-state index contributed by atoms with van der Waals surface area (Å²) < 4.78 is 52.7. The number of nitrogens with zero attached hydrogens (tertiary/aromatic N) is 1. The lowest BCUT2D eigenvalue weighted by Gasteiger charge is -2.26. The van der Waals surface area contributed by atoms with Crippen molar-refractivity contribution in [3.63, 3.8) is 0 Å². The Hall–Kier alpha value is -1.29. The highest BCUT2D eigenvalue weighted by Crippen LogP contribution is 2.21. The van der Waals surface area contributed by atoms with E-state index in [4.69, 9.17) is 5.73 Å². The second-order valence-corrected chi connectivity index (χ2v) is 7.67. The first-order chi connectivity index (χ1) is 11.3. The lowest BCUT2D eigenvalue weighted by molar-refractivity contribution is 0.0118. The molecule has 1 saturated heterocycles. The van der Waals surface area contributed by atoms with E-state index in [1.165, 1.54) is 28.6 Å². The third kappa shape index (κ3) is 5.60. The molecule has 1 heterocycles. The Labute approximate surface area is 152 Å². The molecular formula is C15H22ClF2N3O3S. The van der Waals surface area contributed by atoms with Crippen LogP contribution in [0, 0.1) is 0 Å². The van der Waals surface area contributed by atoms with Gasteiger partial charge in [-0.2, -0.15) is 4.31 Å². The summed E-state index contributed by atoms with van der Waals surface area (Å²) in [6.45, 7) is -0.884. The predicted molar refractivity (Wildman–Crippen MR) is 92.6 cm³/mol. The SMILES string of the molecule is Cl.NCC(F)(F)CNC(=O)c1cccc(S(=O)(=O)N2CCCCC2)c1. The maximum atomic E-state index is 13.1. The first-order valence-corrected chi connectivity index (χ1v) is 9.16. The van der Waals surface area contributed by atoms with Crippen molar-refractivity contribution >= 4 is 28.3 Å². The van der Waals surface area contributed by atoms with Gasteiger partial charge < -0.3 is 11.1 Å². The second-order valence-electron chi connectivity index (χ2n) is 5.74. The number of rotatable bonds is 6. The number of benzene rings is 1. The topological polar surface area (TPSA) is 92.5 Å². The number of nitrogens with one attached hydrogen (secondary N) is 1. The number of sulfonamides is 1. The normalized spacial score (nSPS) is 16.1. The molecule has 0 radical (unpaired) electrons. The molecule has 1 aliphatic rings. The first kappa shape index (κ1) is 21.8. The average molecular weight is 398 g/mol. The highest BCUT2D eigenvalue weighted by molar-refractivity contribution is 7.89. The van der Waals surface area contributed by atoms with Gasteiger partial charge in [0.2, 0.25) is 10.0 Å². The molecule has 10 heteroatoms. The number of alkyl halides is 2. The van der Waals surface area contributed by atoms with Crippen molar-refractivity contribution < 1.29 is 22.0 Å². The Morgan fingerprint density at radius 1 is 1.24 bits per heavy atom. The number of carbonyl (C=O) groups is 1. The third-order valence-electron chi connectivity index (χ3n) is 3.86. The fourth-order valence-corrected chi connectivity index (χ4v) is 4.00. The summed E-state index contributed by atoms with van der Waals surface area (Å²) in [5.41, 5.74) is 4.92. The van der Waals surface area contributed by atoms with Gasteiger partial charge in [0.25, 0.3) is 11.8 Å².